The van der Waals surface area contributed by atoms with Gasteiger partial charge in [0.2, 0.25) is 0 Å². The molecule has 0 saturated heterocycles. The van der Waals surface area contributed by atoms with E-state index in [1.807, 2.05) is 53.9 Å². The lowest BCUT2D eigenvalue weighted by Gasteiger charge is -2.18. The average Bonchev–Trinajstić information content (AvgIpc) is 3.20. The molecule has 2 nitrogen and oxygen atoms in total. The molecule has 0 fully saturated rings. The minimum absolute atomic E-state index is 0.173. The maximum Gasteiger partial charge on any atom is 0.184 e. The molecule has 1 N–H and O–H groups in total. The summed E-state index contributed by atoms with van der Waals surface area (Å²) < 4.78 is 0. The van der Waals surface area contributed by atoms with Crippen LogP contribution in [-0.4, -0.2) is 16.5 Å². The van der Waals surface area contributed by atoms with E-state index >= 15 is 0 Å². The number of ketones is 1. The summed E-state index contributed by atoms with van der Waals surface area (Å²) in [6.45, 7) is 0. The van der Waals surface area contributed by atoms with Gasteiger partial charge in [-0.15, -0.1) is 11.3 Å². The minimum atomic E-state index is -1.32. The highest BCUT2D eigenvalue weighted by atomic mass is 32.1. The topological polar surface area (TPSA) is 37.3 Å². The Labute approximate surface area is 145 Å². The molecule has 2 aromatic rings. The molecule has 1 aliphatic carbocycles. The second-order valence-electron chi connectivity index (χ2n) is 5.43. The average molecular weight is 332 g/mol. The largest absolute Gasteiger partial charge is 0.380 e. The van der Waals surface area contributed by atoms with Crippen LogP contribution in [0.3, 0.4) is 0 Å². The van der Waals surface area contributed by atoms with Crippen molar-refractivity contribution in [2.45, 2.75) is 12.0 Å². The zero-order chi connectivity index (χ0) is 16.8. The highest BCUT2D eigenvalue weighted by molar-refractivity contribution is 7.10. The molecule has 3 heteroatoms. The summed E-state index contributed by atoms with van der Waals surface area (Å²) in [6, 6.07) is 13.7. The molecule has 0 amide bonds. The van der Waals surface area contributed by atoms with Gasteiger partial charge in [-0.1, -0.05) is 66.5 Å². The number of aliphatic hydroxyl groups is 1. The first kappa shape index (κ1) is 16.2. The number of hydrogen-bond donors (Lipinski definition) is 1. The van der Waals surface area contributed by atoms with Gasteiger partial charge in [-0.3, -0.25) is 4.79 Å². The van der Waals surface area contributed by atoms with E-state index in [2.05, 4.69) is 11.8 Å². The van der Waals surface area contributed by atoms with Gasteiger partial charge in [0.15, 0.2) is 5.78 Å². The summed E-state index contributed by atoms with van der Waals surface area (Å²) >= 11 is 1.55. The lowest BCUT2D eigenvalue weighted by Crippen LogP contribution is -2.27. The smallest absolute Gasteiger partial charge is 0.184 e. The molecule has 3 rings (SSSR count). The molecule has 0 aliphatic heterocycles. The fraction of sp³-hybridized carbons (Fsp3) is 0.0952. The fourth-order valence-corrected chi connectivity index (χ4v) is 3.01. The number of rotatable bonds is 3. The van der Waals surface area contributed by atoms with E-state index in [-0.39, 0.29) is 12.2 Å². The van der Waals surface area contributed by atoms with Gasteiger partial charge in [-0.25, -0.2) is 0 Å². The summed E-state index contributed by atoms with van der Waals surface area (Å²) in [5.74, 6) is 5.81. The van der Waals surface area contributed by atoms with Crippen LogP contribution in [0, 0.1) is 11.8 Å². The van der Waals surface area contributed by atoms with Crippen molar-refractivity contribution < 1.29 is 9.90 Å². The number of benzene rings is 1. The van der Waals surface area contributed by atoms with E-state index < -0.39 is 5.60 Å². The van der Waals surface area contributed by atoms with Crippen molar-refractivity contribution in [3.8, 4) is 11.8 Å². The summed E-state index contributed by atoms with van der Waals surface area (Å²) in [7, 11) is 0. The van der Waals surface area contributed by atoms with Crippen LogP contribution in [0.15, 0.2) is 77.7 Å². The maximum absolute atomic E-state index is 12.0. The molecule has 118 valence electrons. The second-order valence-corrected chi connectivity index (χ2v) is 6.38. The Hall–Kier alpha value is -2.67. The zero-order valence-electron chi connectivity index (χ0n) is 13.0. The third-order valence-electron chi connectivity index (χ3n) is 3.68. The number of allylic oxidation sites excluding steroid dienone is 3. The van der Waals surface area contributed by atoms with E-state index in [9.17, 15) is 9.90 Å². The third kappa shape index (κ3) is 3.80. The van der Waals surface area contributed by atoms with Gasteiger partial charge in [-0.2, -0.15) is 0 Å². The minimum Gasteiger partial charge on any atom is -0.380 e. The standard InChI is InChI=1S/C21H16O2S/c22-20-13-15-21(23,14-5-10-18-11-6-16-24-18)19(20)12-4-9-17-7-2-1-3-8-17/h1-4,6-9,11-13,15-16,23H,14H2/b9-4+,19-12-. The highest BCUT2D eigenvalue weighted by Gasteiger charge is 2.36. The predicted molar refractivity (Wildman–Crippen MR) is 98.5 cm³/mol. The Bertz CT molecular complexity index is 862. The maximum atomic E-state index is 12.0. The van der Waals surface area contributed by atoms with Crippen molar-refractivity contribution in [1.29, 1.82) is 0 Å². The van der Waals surface area contributed by atoms with Gasteiger partial charge in [0.1, 0.15) is 5.60 Å². The molecule has 24 heavy (non-hydrogen) atoms. The molecule has 0 spiro atoms. The summed E-state index contributed by atoms with van der Waals surface area (Å²) in [4.78, 5) is 13.0. The van der Waals surface area contributed by atoms with E-state index in [0.717, 1.165) is 10.4 Å². The molecular formula is C21H16O2S. The normalized spacial score (nSPS) is 21.4. The summed E-state index contributed by atoms with van der Waals surface area (Å²) in [6.07, 6.45) is 8.49. The number of carbonyl (C=O) groups excluding carboxylic acids is 1. The highest BCUT2D eigenvalue weighted by Crippen LogP contribution is 2.29. The van der Waals surface area contributed by atoms with Crippen LogP contribution in [-0.2, 0) is 4.79 Å². The molecule has 1 aromatic carbocycles. The van der Waals surface area contributed by atoms with Gasteiger partial charge in [0, 0.05) is 12.0 Å². The van der Waals surface area contributed by atoms with E-state index in [1.165, 1.54) is 12.2 Å². The fourth-order valence-electron chi connectivity index (χ4n) is 2.42. The summed E-state index contributed by atoms with van der Waals surface area (Å²) in [5.41, 5.74) is 0.0754. The Kier molecular flexibility index (Phi) is 4.90. The quantitative estimate of drug-likeness (QED) is 0.681. The molecule has 0 radical (unpaired) electrons. The van der Waals surface area contributed by atoms with Crippen LogP contribution in [0.5, 0.6) is 0 Å². The van der Waals surface area contributed by atoms with Crippen molar-refractivity contribution in [1.82, 2.24) is 0 Å². The van der Waals surface area contributed by atoms with Gasteiger partial charge in [0.25, 0.3) is 0 Å². The molecular weight excluding hydrogens is 316 g/mol. The number of thiophene rings is 1. The second kappa shape index (κ2) is 7.27. The Balaban J connectivity index is 1.76. The van der Waals surface area contributed by atoms with E-state index in [1.54, 1.807) is 23.5 Å². The Morgan fingerprint density at radius 2 is 2.00 bits per heavy atom. The van der Waals surface area contributed by atoms with Crippen LogP contribution in [0.2, 0.25) is 0 Å². The molecule has 1 aliphatic rings. The Morgan fingerprint density at radius 3 is 2.75 bits per heavy atom. The Morgan fingerprint density at radius 1 is 1.17 bits per heavy atom. The van der Waals surface area contributed by atoms with Crippen molar-refractivity contribution in [2.24, 2.45) is 0 Å². The van der Waals surface area contributed by atoms with Gasteiger partial charge >= 0.3 is 0 Å². The third-order valence-corrected chi connectivity index (χ3v) is 4.47. The molecule has 0 bridgehead atoms. The molecule has 1 atom stereocenters. The number of hydrogen-bond acceptors (Lipinski definition) is 3. The molecule has 1 unspecified atom stereocenters. The monoisotopic (exact) mass is 332 g/mol. The van der Waals surface area contributed by atoms with Crippen LogP contribution >= 0.6 is 11.3 Å². The predicted octanol–water partition coefficient (Wildman–Crippen LogP) is 4.00. The summed E-state index contributed by atoms with van der Waals surface area (Å²) in [5, 5.41) is 12.7. The van der Waals surface area contributed by atoms with Crippen molar-refractivity contribution in [3.05, 3.63) is 88.2 Å². The first-order chi connectivity index (χ1) is 11.7. The van der Waals surface area contributed by atoms with E-state index in [0.29, 0.717) is 5.57 Å². The van der Waals surface area contributed by atoms with Crippen LogP contribution < -0.4 is 0 Å². The van der Waals surface area contributed by atoms with Crippen molar-refractivity contribution >= 4 is 23.2 Å². The van der Waals surface area contributed by atoms with Gasteiger partial charge < -0.3 is 5.11 Å². The lowest BCUT2D eigenvalue weighted by atomic mass is 9.92. The lowest BCUT2D eigenvalue weighted by molar-refractivity contribution is -0.112. The van der Waals surface area contributed by atoms with Crippen LogP contribution in [0.25, 0.3) is 6.08 Å². The van der Waals surface area contributed by atoms with Gasteiger partial charge in [0.05, 0.1) is 4.88 Å². The first-order valence-corrected chi connectivity index (χ1v) is 8.48. The SMILES string of the molecule is O=C1C=CC(O)(CC#Cc2cccs2)/C1=C\C=C\c1ccccc1. The van der Waals surface area contributed by atoms with Crippen LogP contribution in [0.1, 0.15) is 16.9 Å². The molecule has 0 saturated carbocycles. The van der Waals surface area contributed by atoms with Crippen LogP contribution in [0.4, 0.5) is 0 Å². The molecule has 1 heterocycles. The first-order valence-electron chi connectivity index (χ1n) is 7.60. The number of carbonyl (C=O) groups is 1. The van der Waals surface area contributed by atoms with Crippen molar-refractivity contribution in [3.63, 3.8) is 0 Å². The van der Waals surface area contributed by atoms with Crippen molar-refractivity contribution in [2.75, 3.05) is 0 Å². The van der Waals surface area contributed by atoms with E-state index in [4.69, 9.17) is 0 Å². The zero-order valence-corrected chi connectivity index (χ0v) is 13.8. The van der Waals surface area contributed by atoms with Gasteiger partial charge in [-0.05, 0) is 29.2 Å². The molecule has 1 aromatic heterocycles.